The fourth-order valence-corrected chi connectivity index (χ4v) is 5.14. The van der Waals surface area contributed by atoms with Crippen LogP contribution in [0.1, 0.15) is 4.88 Å². The molecule has 0 spiro atoms. The molecule has 0 bridgehead atoms. The van der Waals surface area contributed by atoms with Gasteiger partial charge in [-0.25, -0.2) is 8.42 Å². The van der Waals surface area contributed by atoms with Crippen LogP contribution in [0.2, 0.25) is 10.0 Å². The molecule has 0 atom stereocenters. The van der Waals surface area contributed by atoms with E-state index in [1.54, 1.807) is 18.2 Å². The number of anilines is 1. The molecule has 0 aliphatic carbocycles. The van der Waals surface area contributed by atoms with Gasteiger partial charge < -0.3 is 5.11 Å². The fraction of sp³-hybridized carbons (Fsp3) is 0.0909. The normalized spacial score (nSPS) is 11.6. The molecule has 108 valence electrons. The van der Waals surface area contributed by atoms with E-state index in [0.717, 1.165) is 11.3 Å². The third kappa shape index (κ3) is 3.47. The van der Waals surface area contributed by atoms with E-state index in [9.17, 15) is 8.42 Å². The average Bonchev–Trinajstić information content (AvgIpc) is 2.83. The number of sulfonamides is 1. The van der Waals surface area contributed by atoms with Crippen molar-refractivity contribution in [1.82, 2.24) is 0 Å². The number of aliphatic hydroxyl groups excluding tert-OH is 1. The van der Waals surface area contributed by atoms with Gasteiger partial charge in [0, 0.05) is 9.35 Å². The van der Waals surface area contributed by atoms with Crippen molar-refractivity contribution < 1.29 is 13.5 Å². The lowest BCUT2D eigenvalue weighted by Crippen LogP contribution is -2.12. The van der Waals surface area contributed by atoms with E-state index in [-0.39, 0.29) is 26.5 Å². The molecular formula is C11H8BrCl2NO3S2. The summed E-state index contributed by atoms with van der Waals surface area (Å²) in [4.78, 5) is 0.554. The van der Waals surface area contributed by atoms with Crippen LogP contribution < -0.4 is 4.72 Å². The quantitative estimate of drug-likeness (QED) is 0.787. The summed E-state index contributed by atoms with van der Waals surface area (Å²) in [7, 11) is -3.79. The van der Waals surface area contributed by atoms with Crippen molar-refractivity contribution in [3.63, 3.8) is 0 Å². The molecule has 1 aromatic carbocycles. The van der Waals surface area contributed by atoms with Crippen LogP contribution in [0, 0.1) is 0 Å². The first-order chi connectivity index (χ1) is 9.33. The van der Waals surface area contributed by atoms with Gasteiger partial charge in [-0.2, -0.15) is 0 Å². The summed E-state index contributed by atoms with van der Waals surface area (Å²) < 4.78 is 27.5. The van der Waals surface area contributed by atoms with Gasteiger partial charge in [0.15, 0.2) is 0 Å². The maximum Gasteiger partial charge on any atom is 0.271 e. The van der Waals surface area contributed by atoms with Gasteiger partial charge in [0.2, 0.25) is 0 Å². The van der Waals surface area contributed by atoms with Crippen molar-refractivity contribution in [2.75, 3.05) is 4.72 Å². The van der Waals surface area contributed by atoms with Crippen molar-refractivity contribution in [2.24, 2.45) is 0 Å². The number of hydrogen-bond donors (Lipinski definition) is 2. The standard InChI is InChI=1S/C11H8BrCl2NO3S2/c12-6-3-8(13)11(9(14)4-6)15-20(17,18)10-2-1-7(5-16)19-10/h1-4,15-16H,5H2. The SMILES string of the molecule is O=S(=O)(Nc1c(Cl)cc(Br)cc1Cl)c1ccc(CO)s1. The molecule has 9 heteroatoms. The zero-order valence-corrected chi connectivity index (χ0v) is 14.5. The molecule has 1 aromatic heterocycles. The highest BCUT2D eigenvalue weighted by atomic mass is 79.9. The first-order valence-electron chi connectivity index (χ1n) is 5.20. The predicted molar refractivity (Wildman–Crippen MR) is 85.2 cm³/mol. The van der Waals surface area contributed by atoms with Crippen LogP contribution in [-0.2, 0) is 16.6 Å². The lowest BCUT2D eigenvalue weighted by atomic mass is 10.3. The molecule has 0 fully saturated rings. The lowest BCUT2D eigenvalue weighted by molar-refractivity contribution is 0.285. The van der Waals surface area contributed by atoms with Gasteiger partial charge in [0.25, 0.3) is 10.0 Å². The van der Waals surface area contributed by atoms with Crippen molar-refractivity contribution in [3.05, 3.63) is 43.7 Å². The third-order valence-electron chi connectivity index (χ3n) is 2.30. The Balaban J connectivity index is 2.38. The van der Waals surface area contributed by atoms with Gasteiger partial charge in [-0.1, -0.05) is 39.1 Å². The van der Waals surface area contributed by atoms with Crippen LogP contribution >= 0.6 is 50.5 Å². The maximum absolute atomic E-state index is 12.2. The smallest absolute Gasteiger partial charge is 0.271 e. The van der Waals surface area contributed by atoms with E-state index < -0.39 is 10.0 Å². The van der Waals surface area contributed by atoms with Crippen molar-refractivity contribution in [3.8, 4) is 0 Å². The third-order valence-corrected chi connectivity index (χ3v) is 6.27. The van der Waals surface area contributed by atoms with E-state index in [0.29, 0.717) is 9.35 Å². The van der Waals surface area contributed by atoms with Crippen molar-refractivity contribution >= 4 is 66.2 Å². The number of benzene rings is 1. The van der Waals surface area contributed by atoms with Gasteiger partial charge >= 0.3 is 0 Å². The molecule has 0 aliphatic rings. The monoisotopic (exact) mass is 415 g/mol. The zero-order valence-electron chi connectivity index (χ0n) is 9.73. The molecule has 0 aliphatic heterocycles. The first-order valence-corrected chi connectivity index (χ1v) is 9.05. The van der Waals surface area contributed by atoms with E-state index in [2.05, 4.69) is 20.7 Å². The van der Waals surface area contributed by atoms with E-state index in [1.165, 1.54) is 6.07 Å². The second-order valence-electron chi connectivity index (χ2n) is 3.73. The minimum Gasteiger partial charge on any atom is -0.391 e. The summed E-state index contributed by atoms with van der Waals surface area (Å²) in [5.74, 6) is 0. The Morgan fingerprint density at radius 3 is 2.35 bits per heavy atom. The Morgan fingerprint density at radius 1 is 1.25 bits per heavy atom. The van der Waals surface area contributed by atoms with E-state index >= 15 is 0 Å². The topological polar surface area (TPSA) is 66.4 Å². The van der Waals surface area contributed by atoms with Gasteiger partial charge in [-0.05, 0) is 24.3 Å². The summed E-state index contributed by atoms with van der Waals surface area (Å²) >= 11 is 16.2. The number of thiophene rings is 1. The molecule has 0 amide bonds. The Hall–Kier alpha value is -0.310. The highest BCUT2D eigenvalue weighted by molar-refractivity contribution is 9.10. The van der Waals surface area contributed by atoms with Gasteiger partial charge in [0.1, 0.15) is 4.21 Å². The number of halogens is 3. The van der Waals surface area contributed by atoms with Crippen LogP contribution in [0.3, 0.4) is 0 Å². The lowest BCUT2D eigenvalue weighted by Gasteiger charge is -2.10. The molecular weight excluding hydrogens is 409 g/mol. The molecule has 0 saturated heterocycles. The van der Waals surface area contributed by atoms with Crippen molar-refractivity contribution in [1.29, 1.82) is 0 Å². The number of aliphatic hydroxyl groups is 1. The highest BCUT2D eigenvalue weighted by Gasteiger charge is 2.20. The minimum absolute atomic E-state index is 0.0802. The van der Waals surface area contributed by atoms with Gasteiger partial charge in [-0.15, -0.1) is 11.3 Å². The first kappa shape index (κ1) is 16.1. The molecule has 2 rings (SSSR count). The van der Waals surface area contributed by atoms with Crippen LogP contribution in [0.5, 0.6) is 0 Å². The van der Waals surface area contributed by atoms with Gasteiger partial charge in [0.05, 0.1) is 22.3 Å². The summed E-state index contributed by atoms with van der Waals surface area (Å²) in [5.41, 5.74) is 0.121. The van der Waals surface area contributed by atoms with Crippen molar-refractivity contribution in [2.45, 2.75) is 10.8 Å². The Labute approximate surface area is 138 Å². The van der Waals surface area contributed by atoms with Crippen LogP contribution in [-0.4, -0.2) is 13.5 Å². The van der Waals surface area contributed by atoms with Crippen LogP contribution in [0.4, 0.5) is 5.69 Å². The number of rotatable bonds is 4. The summed E-state index contributed by atoms with van der Waals surface area (Å²) in [6.45, 7) is -0.208. The van der Waals surface area contributed by atoms with E-state index in [1.807, 2.05) is 0 Å². The number of hydrogen-bond acceptors (Lipinski definition) is 4. The van der Waals surface area contributed by atoms with E-state index in [4.69, 9.17) is 28.3 Å². The predicted octanol–water partition coefficient (Wildman–Crippen LogP) is 4.11. The Morgan fingerprint density at radius 2 is 1.85 bits per heavy atom. The summed E-state index contributed by atoms with van der Waals surface area (Å²) in [5, 5.41) is 9.35. The second kappa shape index (κ2) is 6.21. The molecule has 1 heterocycles. The highest BCUT2D eigenvalue weighted by Crippen LogP contribution is 2.36. The maximum atomic E-state index is 12.2. The molecule has 20 heavy (non-hydrogen) atoms. The molecule has 2 aromatic rings. The minimum atomic E-state index is -3.79. The Kier molecular flexibility index (Phi) is 4.99. The fourth-order valence-electron chi connectivity index (χ4n) is 1.41. The largest absolute Gasteiger partial charge is 0.391 e. The van der Waals surface area contributed by atoms with Crippen LogP contribution in [0.15, 0.2) is 32.9 Å². The zero-order chi connectivity index (χ0) is 14.9. The second-order valence-corrected chi connectivity index (χ2v) is 8.54. The van der Waals surface area contributed by atoms with Gasteiger partial charge in [-0.3, -0.25) is 4.72 Å². The molecule has 0 unspecified atom stereocenters. The van der Waals surface area contributed by atoms with Crippen LogP contribution in [0.25, 0.3) is 0 Å². The summed E-state index contributed by atoms with van der Waals surface area (Å²) in [6, 6.07) is 6.04. The molecule has 4 nitrogen and oxygen atoms in total. The summed E-state index contributed by atoms with van der Waals surface area (Å²) in [6.07, 6.45) is 0. The molecule has 0 radical (unpaired) electrons. The molecule has 2 N–H and O–H groups in total. The Bertz CT molecular complexity index is 723. The average molecular weight is 417 g/mol. The molecule has 0 saturated carbocycles. The number of nitrogens with one attached hydrogen (secondary N) is 1.